The molecule has 1 aliphatic heterocycles. The van der Waals surface area contributed by atoms with Crippen molar-refractivity contribution in [2.24, 2.45) is 0 Å². The average molecular weight is 229 g/mol. The molecule has 17 heavy (non-hydrogen) atoms. The van der Waals surface area contributed by atoms with Crippen LogP contribution in [0.5, 0.6) is 0 Å². The standard InChI is InChI=1S/C13H15N3O/c17-13-11-3-1-2-4-12(11)15-9-16(13)10-5-7-14-8-6-10/h1-4,9-10,14H,5-8H2. The normalized spacial score (nSPS) is 17.4. The van der Waals surface area contributed by atoms with E-state index in [0.717, 1.165) is 31.4 Å². The lowest BCUT2D eigenvalue weighted by Crippen LogP contribution is -2.34. The summed E-state index contributed by atoms with van der Waals surface area (Å²) in [5.74, 6) is 0. The predicted octanol–water partition coefficient (Wildman–Crippen LogP) is 1.32. The van der Waals surface area contributed by atoms with Crippen molar-refractivity contribution in [3.05, 3.63) is 40.9 Å². The van der Waals surface area contributed by atoms with Gasteiger partial charge in [0.25, 0.3) is 5.56 Å². The summed E-state index contributed by atoms with van der Waals surface area (Å²) >= 11 is 0. The van der Waals surface area contributed by atoms with Gasteiger partial charge in [0.1, 0.15) is 0 Å². The number of nitrogens with one attached hydrogen (secondary N) is 1. The Labute approximate surface area is 99.3 Å². The number of rotatable bonds is 1. The molecule has 0 saturated carbocycles. The summed E-state index contributed by atoms with van der Waals surface area (Å²) < 4.78 is 1.79. The van der Waals surface area contributed by atoms with E-state index >= 15 is 0 Å². The van der Waals surface area contributed by atoms with Gasteiger partial charge >= 0.3 is 0 Å². The van der Waals surface area contributed by atoms with E-state index < -0.39 is 0 Å². The summed E-state index contributed by atoms with van der Waals surface area (Å²) in [6.07, 6.45) is 3.69. The Morgan fingerprint density at radius 2 is 2.00 bits per heavy atom. The molecule has 0 aliphatic carbocycles. The summed E-state index contributed by atoms with van der Waals surface area (Å²) in [6, 6.07) is 7.81. The second-order valence-corrected chi connectivity index (χ2v) is 4.46. The molecule has 0 atom stereocenters. The van der Waals surface area contributed by atoms with Crippen molar-refractivity contribution < 1.29 is 0 Å². The van der Waals surface area contributed by atoms with Gasteiger partial charge < -0.3 is 5.32 Å². The number of hydrogen-bond acceptors (Lipinski definition) is 3. The molecule has 1 saturated heterocycles. The monoisotopic (exact) mass is 229 g/mol. The second kappa shape index (κ2) is 4.30. The predicted molar refractivity (Wildman–Crippen MR) is 67.1 cm³/mol. The highest BCUT2D eigenvalue weighted by Gasteiger charge is 2.16. The molecule has 1 aromatic carbocycles. The Hall–Kier alpha value is -1.68. The third-order valence-electron chi connectivity index (χ3n) is 3.39. The molecule has 1 aliphatic rings. The van der Waals surface area contributed by atoms with E-state index in [1.54, 1.807) is 10.9 Å². The molecule has 2 aromatic rings. The number of aromatic nitrogens is 2. The van der Waals surface area contributed by atoms with Crippen molar-refractivity contribution in [2.75, 3.05) is 13.1 Å². The van der Waals surface area contributed by atoms with Crippen LogP contribution in [0.1, 0.15) is 18.9 Å². The Morgan fingerprint density at radius 3 is 2.82 bits per heavy atom. The zero-order chi connectivity index (χ0) is 11.7. The molecule has 1 N–H and O–H groups in total. The Kier molecular flexibility index (Phi) is 2.65. The molecule has 1 fully saturated rings. The molecule has 4 heteroatoms. The first-order valence-corrected chi connectivity index (χ1v) is 6.03. The van der Waals surface area contributed by atoms with Crippen LogP contribution in [0.25, 0.3) is 10.9 Å². The zero-order valence-electron chi connectivity index (χ0n) is 9.60. The van der Waals surface area contributed by atoms with E-state index in [2.05, 4.69) is 10.3 Å². The number of benzene rings is 1. The van der Waals surface area contributed by atoms with Crippen LogP contribution in [0.15, 0.2) is 35.4 Å². The van der Waals surface area contributed by atoms with E-state index in [4.69, 9.17) is 0 Å². The van der Waals surface area contributed by atoms with Gasteiger partial charge in [-0.2, -0.15) is 0 Å². The number of piperidine rings is 1. The van der Waals surface area contributed by atoms with Crippen molar-refractivity contribution in [3.8, 4) is 0 Å². The van der Waals surface area contributed by atoms with Gasteiger partial charge in [-0.3, -0.25) is 9.36 Å². The summed E-state index contributed by atoms with van der Waals surface area (Å²) in [6.45, 7) is 1.95. The van der Waals surface area contributed by atoms with Crippen LogP contribution in [0.4, 0.5) is 0 Å². The van der Waals surface area contributed by atoms with Crippen molar-refractivity contribution in [3.63, 3.8) is 0 Å². The second-order valence-electron chi connectivity index (χ2n) is 4.46. The van der Waals surface area contributed by atoms with Gasteiger partial charge in [0.2, 0.25) is 0 Å². The largest absolute Gasteiger partial charge is 0.317 e. The Balaban J connectivity index is 2.11. The third-order valence-corrected chi connectivity index (χ3v) is 3.39. The maximum Gasteiger partial charge on any atom is 0.261 e. The zero-order valence-corrected chi connectivity index (χ0v) is 9.60. The lowest BCUT2D eigenvalue weighted by Gasteiger charge is -2.24. The summed E-state index contributed by atoms with van der Waals surface area (Å²) in [7, 11) is 0. The molecule has 0 bridgehead atoms. The SMILES string of the molecule is O=c1c2ccccc2ncn1C1CCNCC1. The van der Waals surface area contributed by atoms with Crippen LogP contribution in [0.2, 0.25) is 0 Å². The molecule has 0 unspecified atom stereocenters. The smallest absolute Gasteiger partial charge is 0.261 e. The van der Waals surface area contributed by atoms with Gasteiger partial charge in [-0.05, 0) is 38.1 Å². The summed E-state index contributed by atoms with van der Waals surface area (Å²) in [5, 5.41) is 4.02. The van der Waals surface area contributed by atoms with E-state index in [-0.39, 0.29) is 5.56 Å². The molecule has 0 amide bonds. The molecule has 2 heterocycles. The highest BCUT2D eigenvalue weighted by molar-refractivity contribution is 5.76. The number of hydrogen-bond donors (Lipinski definition) is 1. The quantitative estimate of drug-likeness (QED) is 0.802. The molecule has 88 valence electrons. The van der Waals surface area contributed by atoms with Crippen LogP contribution in [-0.2, 0) is 0 Å². The van der Waals surface area contributed by atoms with Gasteiger partial charge in [0, 0.05) is 6.04 Å². The third kappa shape index (κ3) is 1.85. The fraction of sp³-hybridized carbons (Fsp3) is 0.385. The van der Waals surface area contributed by atoms with E-state index in [0.29, 0.717) is 11.4 Å². The first-order chi connectivity index (χ1) is 8.36. The Bertz CT molecular complexity index is 584. The lowest BCUT2D eigenvalue weighted by molar-refractivity contribution is 0.359. The minimum atomic E-state index is 0.0856. The van der Waals surface area contributed by atoms with Crippen LogP contribution in [0.3, 0.4) is 0 Å². The number of para-hydroxylation sites is 1. The van der Waals surface area contributed by atoms with Gasteiger partial charge in [-0.1, -0.05) is 12.1 Å². The van der Waals surface area contributed by atoms with Gasteiger partial charge in [-0.25, -0.2) is 4.98 Å². The summed E-state index contributed by atoms with van der Waals surface area (Å²) in [5.41, 5.74) is 0.866. The molecular formula is C13H15N3O. The molecular weight excluding hydrogens is 214 g/mol. The molecule has 0 spiro atoms. The maximum absolute atomic E-state index is 12.3. The van der Waals surface area contributed by atoms with Crippen LogP contribution in [-0.4, -0.2) is 22.6 Å². The lowest BCUT2D eigenvalue weighted by atomic mass is 10.1. The highest BCUT2D eigenvalue weighted by Crippen LogP contribution is 2.17. The van der Waals surface area contributed by atoms with Crippen molar-refractivity contribution in [1.29, 1.82) is 0 Å². The summed E-state index contributed by atoms with van der Waals surface area (Å²) in [4.78, 5) is 16.7. The molecule has 1 aromatic heterocycles. The van der Waals surface area contributed by atoms with E-state index in [1.807, 2.05) is 24.3 Å². The molecule has 4 nitrogen and oxygen atoms in total. The van der Waals surface area contributed by atoms with E-state index in [1.165, 1.54) is 0 Å². The minimum Gasteiger partial charge on any atom is -0.317 e. The highest BCUT2D eigenvalue weighted by atomic mass is 16.1. The fourth-order valence-corrected chi connectivity index (χ4v) is 2.43. The maximum atomic E-state index is 12.3. The minimum absolute atomic E-state index is 0.0856. The van der Waals surface area contributed by atoms with E-state index in [9.17, 15) is 4.79 Å². The van der Waals surface area contributed by atoms with Gasteiger partial charge in [0.15, 0.2) is 0 Å². The van der Waals surface area contributed by atoms with Crippen molar-refractivity contribution in [1.82, 2.24) is 14.9 Å². The van der Waals surface area contributed by atoms with Crippen molar-refractivity contribution >= 4 is 10.9 Å². The molecule has 3 rings (SSSR count). The topological polar surface area (TPSA) is 46.9 Å². The fourth-order valence-electron chi connectivity index (χ4n) is 2.43. The van der Waals surface area contributed by atoms with Crippen LogP contribution in [0, 0.1) is 0 Å². The molecule has 0 radical (unpaired) electrons. The first kappa shape index (κ1) is 10.5. The number of nitrogens with zero attached hydrogens (tertiary/aromatic N) is 2. The van der Waals surface area contributed by atoms with Crippen molar-refractivity contribution in [2.45, 2.75) is 18.9 Å². The average Bonchev–Trinajstić information content (AvgIpc) is 2.40. The Morgan fingerprint density at radius 1 is 1.24 bits per heavy atom. The van der Waals surface area contributed by atoms with Gasteiger partial charge in [0.05, 0.1) is 17.2 Å². The first-order valence-electron chi connectivity index (χ1n) is 6.03. The van der Waals surface area contributed by atoms with Crippen LogP contribution < -0.4 is 10.9 Å². The van der Waals surface area contributed by atoms with Gasteiger partial charge in [-0.15, -0.1) is 0 Å². The van der Waals surface area contributed by atoms with Crippen LogP contribution >= 0.6 is 0 Å². The number of fused-ring (bicyclic) bond motifs is 1.